The lowest BCUT2D eigenvalue weighted by Gasteiger charge is -2.23. The SMILES string of the molecule is CCC(C)(NC(=O)c1nc(C2CC2)n(-c2ccccc2Cl)n1)C(=O)O. The summed E-state index contributed by atoms with van der Waals surface area (Å²) in [5.41, 5.74) is -0.721. The molecule has 2 N–H and O–H groups in total. The second-order valence-corrected chi connectivity index (χ2v) is 6.78. The molecule has 1 aromatic carbocycles. The van der Waals surface area contributed by atoms with Crippen molar-refractivity contribution in [1.29, 1.82) is 0 Å². The van der Waals surface area contributed by atoms with Gasteiger partial charge in [-0.2, -0.15) is 0 Å². The van der Waals surface area contributed by atoms with Gasteiger partial charge in [-0.05, 0) is 38.3 Å². The molecule has 0 saturated heterocycles. The number of aliphatic carboxylic acids is 1. The van der Waals surface area contributed by atoms with Gasteiger partial charge in [-0.15, -0.1) is 5.10 Å². The van der Waals surface area contributed by atoms with Crippen molar-refractivity contribution in [1.82, 2.24) is 20.1 Å². The lowest BCUT2D eigenvalue weighted by molar-refractivity contribution is -0.143. The molecule has 1 unspecified atom stereocenters. The van der Waals surface area contributed by atoms with Crippen LogP contribution in [-0.2, 0) is 4.79 Å². The molecular weight excluding hydrogens is 344 g/mol. The Balaban J connectivity index is 1.96. The highest BCUT2D eigenvalue weighted by atomic mass is 35.5. The van der Waals surface area contributed by atoms with Crippen LogP contribution in [0.25, 0.3) is 5.69 Å². The van der Waals surface area contributed by atoms with E-state index in [1.54, 1.807) is 23.7 Å². The highest BCUT2D eigenvalue weighted by Gasteiger charge is 2.36. The Morgan fingerprint density at radius 3 is 2.64 bits per heavy atom. The quantitative estimate of drug-likeness (QED) is 0.823. The predicted octanol–water partition coefficient (Wildman–Crippen LogP) is 2.78. The predicted molar refractivity (Wildman–Crippen MR) is 92.1 cm³/mol. The number of nitrogens with one attached hydrogen (secondary N) is 1. The van der Waals surface area contributed by atoms with Crippen molar-refractivity contribution in [2.45, 2.75) is 44.6 Å². The second-order valence-electron chi connectivity index (χ2n) is 6.38. The Bertz CT molecular complexity index is 831. The van der Waals surface area contributed by atoms with Gasteiger partial charge in [-0.1, -0.05) is 30.7 Å². The third-order valence-electron chi connectivity index (χ3n) is 4.43. The molecular formula is C17H19ClN4O3. The number of hydrogen-bond donors (Lipinski definition) is 2. The zero-order valence-electron chi connectivity index (χ0n) is 14.0. The molecule has 1 atom stereocenters. The summed E-state index contributed by atoms with van der Waals surface area (Å²) >= 11 is 6.25. The fraction of sp³-hybridized carbons (Fsp3) is 0.412. The number of hydrogen-bond acceptors (Lipinski definition) is 4. The first-order valence-corrected chi connectivity index (χ1v) is 8.51. The fourth-order valence-corrected chi connectivity index (χ4v) is 2.64. The zero-order valence-corrected chi connectivity index (χ0v) is 14.7. The fourth-order valence-electron chi connectivity index (χ4n) is 2.43. The van der Waals surface area contributed by atoms with E-state index in [2.05, 4.69) is 15.4 Å². The average Bonchev–Trinajstić information content (AvgIpc) is 3.33. The van der Waals surface area contributed by atoms with Crippen LogP contribution in [0, 0.1) is 0 Å². The van der Waals surface area contributed by atoms with Gasteiger partial charge in [-0.3, -0.25) is 4.79 Å². The molecule has 2 aromatic rings. The molecule has 0 aliphatic heterocycles. The maximum absolute atomic E-state index is 12.5. The minimum atomic E-state index is -1.37. The molecule has 0 spiro atoms. The Labute approximate surface area is 150 Å². The standard InChI is InChI=1S/C17H19ClN4O3/c1-3-17(2,16(24)25)20-15(23)13-19-14(10-8-9-10)22(21-13)12-7-5-4-6-11(12)18/h4-7,10H,3,8-9H2,1-2H3,(H,20,23)(H,24,25). The first-order chi connectivity index (χ1) is 11.9. The summed E-state index contributed by atoms with van der Waals surface area (Å²) < 4.78 is 1.58. The van der Waals surface area contributed by atoms with Crippen molar-refractivity contribution >= 4 is 23.5 Å². The molecule has 7 nitrogen and oxygen atoms in total. The topological polar surface area (TPSA) is 97.1 Å². The first kappa shape index (κ1) is 17.4. The number of para-hydroxylation sites is 1. The van der Waals surface area contributed by atoms with E-state index in [1.807, 2.05) is 12.1 Å². The summed E-state index contributed by atoms with van der Waals surface area (Å²) in [7, 11) is 0. The van der Waals surface area contributed by atoms with Gasteiger partial charge in [0.1, 0.15) is 11.4 Å². The maximum Gasteiger partial charge on any atom is 0.329 e. The zero-order chi connectivity index (χ0) is 18.2. The lowest BCUT2D eigenvalue weighted by Crippen LogP contribution is -2.52. The third kappa shape index (κ3) is 3.37. The molecule has 0 radical (unpaired) electrons. The molecule has 0 bridgehead atoms. The lowest BCUT2D eigenvalue weighted by atomic mass is 9.99. The maximum atomic E-state index is 12.5. The Kier molecular flexibility index (Phi) is 4.51. The van der Waals surface area contributed by atoms with Gasteiger partial charge in [0.2, 0.25) is 5.82 Å². The number of aromatic nitrogens is 3. The minimum absolute atomic E-state index is 0.0530. The van der Waals surface area contributed by atoms with Crippen LogP contribution in [-0.4, -0.2) is 37.3 Å². The van der Waals surface area contributed by atoms with Crippen LogP contribution in [0.15, 0.2) is 24.3 Å². The van der Waals surface area contributed by atoms with Crippen molar-refractivity contribution in [2.75, 3.05) is 0 Å². The largest absolute Gasteiger partial charge is 0.480 e. The Hall–Kier alpha value is -2.41. The van der Waals surface area contributed by atoms with E-state index in [4.69, 9.17) is 11.6 Å². The smallest absolute Gasteiger partial charge is 0.329 e. The molecule has 1 heterocycles. The van der Waals surface area contributed by atoms with Crippen LogP contribution in [0.4, 0.5) is 0 Å². The van der Waals surface area contributed by atoms with Gasteiger partial charge in [0.05, 0.1) is 10.7 Å². The summed E-state index contributed by atoms with van der Waals surface area (Å²) in [5, 5.41) is 16.6. The van der Waals surface area contributed by atoms with Crippen molar-refractivity contribution < 1.29 is 14.7 Å². The number of carboxylic acid groups (broad SMARTS) is 1. The number of carboxylic acids is 1. The second kappa shape index (κ2) is 6.48. The molecule has 132 valence electrons. The van der Waals surface area contributed by atoms with Gasteiger partial charge in [0, 0.05) is 5.92 Å². The van der Waals surface area contributed by atoms with Gasteiger partial charge in [-0.25, -0.2) is 14.5 Å². The van der Waals surface area contributed by atoms with Gasteiger partial charge >= 0.3 is 5.97 Å². The van der Waals surface area contributed by atoms with E-state index < -0.39 is 17.4 Å². The van der Waals surface area contributed by atoms with Crippen LogP contribution in [0.1, 0.15) is 55.5 Å². The number of benzene rings is 1. The van der Waals surface area contributed by atoms with E-state index in [0.29, 0.717) is 16.5 Å². The van der Waals surface area contributed by atoms with Crippen molar-refractivity contribution in [3.05, 3.63) is 40.9 Å². The van der Waals surface area contributed by atoms with Gasteiger partial charge < -0.3 is 10.4 Å². The molecule has 1 aliphatic carbocycles. The highest BCUT2D eigenvalue weighted by molar-refractivity contribution is 6.32. The van der Waals surface area contributed by atoms with E-state index in [1.165, 1.54) is 6.92 Å². The van der Waals surface area contributed by atoms with E-state index in [-0.39, 0.29) is 18.2 Å². The molecule has 25 heavy (non-hydrogen) atoms. The summed E-state index contributed by atoms with van der Waals surface area (Å²) in [5.74, 6) is -0.854. The normalized spacial score (nSPS) is 16.3. The summed E-state index contributed by atoms with van der Waals surface area (Å²) in [6.45, 7) is 3.15. The first-order valence-electron chi connectivity index (χ1n) is 8.13. The number of carbonyl (C=O) groups is 2. The molecule has 3 rings (SSSR count). The van der Waals surface area contributed by atoms with Crippen molar-refractivity contribution in [3.63, 3.8) is 0 Å². The summed E-state index contributed by atoms with van der Waals surface area (Å²) in [4.78, 5) is 28.3. The Morgan fingerprint density at radius 1 is 1.40 bits per heavy atom. The minimum Gasteiger partial charge on any atom is -0.480 e. The van der Waals surface area contributed by atoms with Crippen molar-refractivity contribution in [3.8, 4) is 5.69 Å². The van der Waals surface area contributed by atoms with E-state index in [9.17, 15) is 14.7 Å². The van der Waals surface area contributed by atoms with Crippen LogP contribution in [0.5, 0.6) is 0 Å². The number of nitrogens with zero attached hydrogens (tertiary/aromatic N) is 3. The monoisotopic (exact) mass is 362 g/mol. The highest BCUT2D eigenvalue weighted by Crippen LogP contribution is 2.40. The number of rotatable bonds is 6. The Morgan fingerprint density at radius 2 is 2.08 bits per heavy atom. The average molecular weight is 363 g/mol. The van der Waals surface area contributed by atoms with Crippen molar-refractivity contribution in [2.24, 2.45) is 0 Å². The van der Waals surface area contributed by atoms with Crippen LogP contribution in [0.2, 0.25) is 5.02 Å². The molecule has 1 fully saturated rings. The molecule has 1 aliphatic rings. The summed E-state index contributed by atoms with van der Waals surface area (Å²) in [6, 6.07) is 7.19. The number of halogens is 1. The number of amides is 1. The molecule has 1 saturated carbocycles. The van der Waals surface area contributed by atoms with Gasteiger partial charge in [0.15, 0.2) is 0 Å². The van der Waals surface area contributed by atoms with Crippen LogP contribution < -0.4 is 5.32 Å². The van der Waals surface area contributed by atoms with E-state index in [0.717, 1.165) is 12.8 Å². The molecule has 1 amide bonds. The number of carbonyl (C=O) groups excluding carboxylic acids is 1. The van der Waals surface area contributed by atoms with E-state index >= 15 is 0 Å². The molecule has 8 heteroatoms. The van der Waals surface area contributed by atoms with Crippen LogP contribution in [0.3, 0.4) is 0 Å². The van der Waals surface area contributed by atoms with Crippen LogP contribution >= 0.6 is 11.6 Å². The summed E-state index contributed by atoms with van der Waals surface area (Å²) in [6.07, 6.45) is 2.20. The van der Waals surface area contributed by atoms with Gasteiger partial charge in [0.25, 0.3) is 5.91 Å². The molecule has 1 aromatic heterocycles. The third-order valence-corrected chi connectivity index (χ3v) is 4.75.